The predicted molar refractivity (Wildman–Crippen MR) is 71.8 cm³/mol. The van der Waals surface area contributed by atoms with Gasteiger partial charge in [-0.2, -0.15) is 0 Å². The summed E-state index contributed by atoms with van der Waals surface area (Å²) in [7, 11) is 1.74. The van der Waals surface area contributed by atoms with E-state index in [0.717, 1.165) is 32.0 Å². The molecule has 96 valence electrons. The Morgan fingerprint density at radius 2 is 2.12 bits per heavy atom. The molecule has 0 fully saturated rings. The second kappa shape index (κ2) is 11.2. The standard InChI is InChI=1S/C14H29NO/c1-5-7-13(2)12-14(3)8-6-9-15-10-11-16-4/h8,13,15H,5-7,9-12H2,1-4H3. The van der Waals surface area contributed by atoms with Gasteiger partial charge in [0.25, 0.3) is 0 Å². The summed E-state index contributed by atoms with van der Waals surface area (Å²) in [5.74, 6) is 0.836. The quantitative estimate of drug-likeness (QED) is 0.456. The van der Waals surface area contributed by atoms with Crippen LogP contribution in [0, 0.1) is 5.92 Å². The molecule has 0 radical (unpaired) electrons. The van der Waals surface area contributed by atoms with Crippen molar-refractivity contribution in [1.82, 2.24) is 5.32 Å². The monoisotopic (exact) mass is 227 g/mol. The number of hydrogen-bond donors (Lipinski definition) is 1. The Labute approximate surface area is 101 Å². The minimum absolute atomic E-state index is 0.802. The summed E-state index contributed by atoms with van der Waals surface area (Å²) in [6.45, 7) is 9.67. The first-order valence-corrected chi connectivity index (χ1v) is 6.56. The second-order valence-electron chi connectivity index (χ2n) is 4.68. The molecule has 0 spiro atoms. The number of ether oxygens (including phenoxy) is 1. The van der Waals surface area contributed by atoms with E-state index in [4.69, 9.17) is 4.74 Å². The van der Waals surface area contributed by atoms with Gasteiger partial charge in [-0.15, -0.1) is 0 Å². The minimum Gasteiger partial charge on any atom is -0.383 e. The molecule has 0 rings (SSSR count). The van der Waals surface area contributed by atoms with E-state index in [1.807, 2.05) is 0 Å². The Morgan fingerprint density at radius 3 is 2.75 bits per heavy atom. The molecule has 0 heterocycles. The van der Waals surface area contributed by atoms with Gasteiger partial charge >= 0.3 is 0 Å². The normalized spacial score (nSPS) is 14.1. The Morgan fingerprint density at radius 1 is 1.38 bits per heavy atom. The number of nitrogens with one attached hydrogen (secondary N) is 1. The average Bonchev–Trinajstić information content (AvgIpc) is 2.23. The van der Waals surface area contributed by atoms with E-state index >= 15 is 0 Å². The highest BCUT2D eigenvalue weighted by molar-refractivity contribution is 4.99. The minimum atomic E-state index is 0.802. The van der Waals surface area contributed by atoms with Crippen molar-refractivity contribution in [3.63, 3.8) is 0 Å². The molecule has 0 aliphatic carbocycles. The molecule has 0 saturated heterocycles. The van der Waals surface area contributed by atoms with Crippen LogP contribution in [0.4, 0.5) is 0 Å². The molecule has 0 saturated carbocycles. The maximum absolute atomic E-state index is 4.97. The van der Waals surface area contributed by atoms with Crippen LogP contribution in [0.3, 0.4) is 0 Å². The van der Waals surface area contributed by atoms with Gasteiger partial charge in [0.1, 0.15) is 0 Å². The molecule has 0 aliphatic heterocycles. The van der Waals surface area contributed by atoms with Gasteiger partial charge in [0, 0.05) is 13.7 Å². The van der Waals surface area contributed by atoms with Crippen molar-refractivity contribution in [3.8, 4) is 0 Å². The van der Waals surface area contributed by atoms with Gasteiger partial charge in [-0.1, -0.05) is 38.3 Å². The highest BCUT2D eigenvalue weighted by atomic mass is 16.5. The zero-order chi connectivity index (χ0) is 12.2. The lowest BCUT2D eigenvalue weighted by Crippen LogP contribution is -2.19. The van der Waals surface area contributed by atoms with Crippen molar-refractivity contribution in [1.29, 1.82) is 0 Å². The van der Waals surface area contributed by atoms with E-state index in [-0.39, 0.29) is 0 Å². The molecule has 1 unspecified atom stereocenters. The van der Waals surface area contributed by atoms with E-state index < -0.39 is 0 Å². The van der Waals surface area contributed by atoms with E-state index in [9.17, 15) is 0 Å². The van der Waals surface area contributed by atoms with Crippen LogP contribution in [0.5, 0.6) is 0 Å². The van der Waals surface area contributed by atoms with Crippen LogP contribution >= 0.6 is 0 Å². The van der Waals surface area contributed by atoms with Crippen molar-refractivity contribution < 1.29 is 4.74 Å². The molecule has 2 heteroatoms. The molecule has 16 heavy (non-hydrogen) atoms. The smallest absolute Gasteiger partial charge is 0.0587 e. The molecular weight excluding hydrogens is 198 g/mol. The van der Waals surface area contributed by atoms with Gasteiger partial charge in [-0.25, -0.2) is 0 Å². The first kappa shape index (κ1) is 15.7. The van der Waals surface area contributed by atoms with Gasteiger partial charge in [0.2, 0.25) is 0 Å². The van der Waals surface area contributed by atoms with Gasteiger partial charge in [0.15, 0.2) is 0 Å². The highest BCUT2D eigenvalue weighted by Gasteiger charge is 2.00. The van der Waals surface area contributed by atoms with Crippen LogP contribution in [0.2, 0.25) is 0 Å². The van der Waals surface area contributed by atoms with Crippen molar-refractivity contribution in [3.05, 3.63) is 11.6 Å². The molecule has 0 amide bonds. The Hall–Kier alpha value is -0.340. The summed E-state index contributed by atoms with van der Waals surface area (Å²) in [6.07, 6.45) is 7.40. The van der Waals surface area contributed by atoms with Crippen LogP contribution in [0.25, 0.3) is 0 Å². The first-order valence-electron chi connectivity index (χ1n) is 6.56. The Kier molecular flexibility index (Phi) is 10.9. The van der Waals surface area contributed by atoms with Crippen LogP contribution in [0.1, 0.15) is 46.5 Å². The lowest BCUT2D eigenvalue weighted by atomic mass is 9.97. The lowest BCUT2D eigenvalue weighted by Gasteiger charge is -2.10. The van der Waals surface area contributed by atoms with E-state index in [2.05, 4.69) is 32.2 Å². The fourth-order valence-electron chi connectivity index (χ4n) is 1.95. The van der Waals surface area contributed by atoms with E-state index in [1.165, 1.54) is 24.8 Å². The van der Waals surface area contributed by atoms with Gasteiger partial charge < -0.3 is 10.1 Å². The van der Waals surface area contributed by atoms with Gasteiger partial charge in [0.05, 0.1) is 6.61 Å². The van der Waals surface area contributed by atoms with Crippen molar-refractivity contribution in [2.45, 2.75) is 46.5 Å². The third kappa shape index (κ3) is 10.2. The van der Waals surface area contributed by atoms with Crippen LogP contribution in [0.15, 0.2) is 11.6 Å². The predicted octanol–water partition coefficient (Wildman–Crippen LogP) is 3.39. The van der Waals surface area contributed by atoms with Crippen molar-refractivity contribution >= 4 is 0 Å². The maximum Gasteiger partial charge on any atom is 0.0587 e. The number of methoxy groups -OCH3 is 1. The maximum atomic E-state index is 4.97. The van der Waals surface area contributed by atoms with Gasteiger partial charge in [-0.05, 0) is 32.2 Å². The lowest BCUT2D eigenvalue weighted by molar-refractivity contribution is 0.199. The summed E-state index contributed by atoms with van der Waals surface area (Å²) in [5, 5.41) is 3.35. The fourth-order valence-corrected chi connectivity index (χ4v) is 1.95. The Balaban J connectivity index is 3.47. The third-order valence-corrected chi connectivity index (χ3v) is 2.75. The number of hydrogen-bond acceptors (Lipinski definition) is 2. The molecule has 0 aromatic heterocycles. The molecule has 0 aliphatic rings. The summed E-state index contributed by atoms with van der Waals surface area (Å²) >= 11 is 0. The number of allylic oxidation sites excluding steroid dienone is 1. The van der Waals surface area contributed by atoms with Crippen LogP contribution in [-0.2, 0) is 4.74 Å². The summed E-state index contributed by atoms with van der Waals surface area (Å²) in [6, 6.07) is 0. The Bertz CT molecular complexity index is 178. The van der Waals surface area contributed by atoms with Gasteiger partial charge in [-0.3, -0.25) is 0 Å². The molecule has 0 bridgehead atoms. The van der Waals surface area contributed by atoms with Crippen molar-refractivity contribution in [2.24, 2.45) is 5.92 Å². The molecule has 1 atom stereocenters. The summed E-state index contributed by atoms with van der Waals surface area (Å²) in [5.41, 5.74) is 1.54. The van der Waals surface area contributed by atoms with Crippen LogP contribution in [-0.4, -0.2) is 26.8 Å². The molecule has 1 N–H and O–H groups in total. The van der Waals surface area contributed by atoms with E-state index in [0.29, 0.717) is 0 Å². The van der Waals surface area contributed by atoms with Crippen molar-refractivity contribution in [2.75, 3.05) is 26.8 Å². The van der Waals surface area contributed by atoms with Crippen LogP contribution < -0.4 is 5.32 Å². The zero-order valence-corrected chi connectivity index (χ0v) is 11.5. The molecule has 0 aromatic rings. The third-order valence-electron chi connectivity index (χ3n) is 2.75. The fraction of sp³-hybridized carbons (Fsp3) is 0.857. The number of rotatable bonds is 10. The van der Waals surface area contributed by atoms with E-state index in [1.54, 1.807) is 7.11 Å². The highest BCUT2D eigenvalue weighted by Crippen LogP contribution is 2.15. The SMILES string of the molecule is CCCC(C)CC(C)=CCCNCCOC. The first-order chi connectivity index (χ1) is 7.70. The summed E-state index contributed by atoms with van der Waals surface area (Å²) < 4.78 is 4.97. The molecular formula is C14H29NO. The summed E-state index contributed by atoms with van der Waals surface area (Å²) in [4.78, 5) is 0. The zero-order valence-electron chi connectivity index (χ0n) is 11.5. The molecule has 2 nitrogen and oxygen atoms in total. The second-order valence-corrected chi connectivity index (χ2v) is 4.68. The molecule has 0 aromatic carbocycles. The topological polar surface area (TPSA) is 21.3 Å². The average molecular weight is 227 g/mol. The largest absolute Gasteiger partial charge is 0.383 e.